The molecule has 0 aliphatic rings. The molecule has 0 aliphatic heterocycles. The van der Waals surface area contributed by atoms with Crippen molar-refractivity contribution in [2.24, 2.45) is 5.41 Å². The van der Waals surface area contributed by atoms with Crippen LogP contribution in [0.5, 0.6) is 0 Å². The minimum Gasteiger partial charge on any atom is -0.376 e. The van der Waals surface area contributed by atoms with Crippen LogP contribution in [0.25, 0.3) is 0 Å². The molecule has 164 valence electrons. The first-order chi connectivity index (χ1) is 11.5. The summed E-state index contributed by atoms with van der Waals surface area (Å²) in [4.78, 5) is 0. The van der Waals surface area contributed by atoms with Gasteiger partial charge in [-0.05, 0) is 33.6 Å². The Morgan fingerprint density at radius 1 is 0.556 bits per heavy atom. The number of halogens is 13. The van der Waals surface area contributed by atoms with Crippen LogP contribution in [0.2, 0.25) is 0 Å². The molecule has 0 heterocycles. The monoisotopic (exact) mass is 434 g/mol. The molecule has 0 aromatic heterocycles. The van der Waals surface area contributed by atoms with Crippen molar-refractivity contribution in [3.8, 4) is 0 Å². The predicted octanol–water partition coefficient (Wildman–Crippen LogP) is 6.53. The van der Waals surface area contributed by atoms with Gasteiger partial charge in [-0.3, -0.25) is 0 Å². The molecule has 0 N–H and O–H groups in total. The van der Waals surface area contributed by atoms with Crippen LogP contribution in [-0.4, -0.2) is 42.6 Å². The predicted molar refractivity (Wildman–Crippen MR) is 65.4 cm³/mol. The molecule has 0 aliphatic carbocycles. The molecule has 1 nitrogen and oxygen atoms in total. The molecule has 0 fully saturated rings. The van der Waals surface area contributed by atoms with Crippen molar-refractivity contribution < 1.29 is 61.8 Å². The fourth-order valence-electron chi connectivity index (χ4n) is 2.12. The lowest BCUT2D eigenvalue weighted by molar-refractivity contribution is -0.461. The van der Waals surface area contributed by atoms with E-state index in [1.54, 1.807) is 0 Å². The van der Waals surface area contributed by atoms with Gasteiger partial charge in [-0.2, -0.15) is 57.1 Å². The average Bonchev–Trinajstić information content (AvgIpc) is 2.31. The molecule has 0 rings (SSSR count). The smallest absolute Gasteiger partial charge is 0.376 e. The topological polar surface area (TPSA) is 9.23 Å². The van der Waals surface area contributed by atoms with Gasteiger partial charge in [0.15, 0.2) is 0 Å². The molecule has 0 amide bonds. The maximum Gasteiger partial charge on any atom is 0.459 e. The zero-order chi connectivity index (χ0) is 22.3. The number of hydrogen-bond donors (Lipinski definition) is 0. The Morgan fingerprint density at radius 2 is 0.926 bits per heavy atom. The maximum atomic E-state index is 13.7. The summed E-state index contributed by atoms with van der Waals surface area (Å²) in [6.07, 6.45) is -26.0. The van der Waals surface area contributed by atoms with Crippen LogP contribution in [0.4, 0.5) is 57.1 Å². The summed E-state index contributed by atoms with van der Waals surface area (Å²) >= 11 is 0. The second-order valence-electron chi connectivity index (χ2n) is 6.61. The minimum absolute atomic E-state index is 1.02. The second-order valence-corrected chi connectivity index (χ2v) is 6.61. The van der Waals surface area contributed by atoms with Crippen LogP contribution in [0.1, 0.15) is 33.6 Å². The highest BCUT2D eigenvalue weighted by Crippen LogP contribution is 2.67. The molecule has 0 bridgehead atoms. The number of ether oxygens (including phenoxy) is 1. The fraction of sp³-hybridized carbons (Fsp3) is 1.00. The quantitative estimate of drug-likeness (QED) is 0.342. The Labute approximate surface area is 144 Å². The van der Waals surface area contributed by atoms with Gasteiger partial charge in [0.2, 0.25) is 5.41 Å². The van der Waals surface area contributed by atoms with E-state index in [-0.39, 0.29) is 0 Å². The van der Waals surface area contributed by atoms with Gasteiger partial charge in [-0.15, -0.1) is 0 Å². The Kier molecular flexibility index (Phi) is 6.89. The van der Waals surface area contributed by atoms with E-state index in [9.17, 15) is 57.1 Å². The first kappa shape index (κ1) is 26.1. The molecule has 0 saturated carbocycles. The lowest BCUT2D eigenvalue weighted by Crippen LogP contribution is -2.70. The Bertz CT molecular complexity index is 478. The second kappa shape index (κ2) is 7.14. The molecule has 0 spiro atoms. The molecule has 0 unspecified atom stereocenters. The van der Waals surface area contributed by atoms with E-state index in [1.165, 1.54) is 20.8 Å². The van der Waals surface area contributed by atoms with Gasteiger partial charge in [-0.25, -0.2) is 0 Å². The number of alkyl halides is 13. The molecule has 27 heavy (non-hydrogen) atoms. The summed E-state index contributed by atoms with van der Waals surface area (Å²) in [5.41, 5.74) is -7.79. The maximum absolute atomic E-state index is 13.7. The van der Waals surface area contributed by atoms with E-state index in [1.807, 2.05) is 0 Å². The zero-order valence-electron chi connectivity index (χ0n) is 13.9. The molecule has 0 atom stereocenters. The first-order valence-corrected chi connectivity index (χ1v) is 7.05. The van der Waals surface area contributed by atoms with Crippen LogP contribution < -0.4 is 0 Å². The summed E-state index contributed by atoms with van der Waals surface area (Å²) < 4.78 is 173. The summed E-state index contributed by atoms with van der Waals surface area (Å²) in [5.74, 6) is -15.2. The molecule has 0 saturated heterocycles. The molecular formula is C13H15F13O. The van der Waals surface area contributed by atoms with Gasteiger partial charge in [0, 0.05) is 6.61 Å². The fourth-order valence-corrected chi connectivity index (χ4v) is 2.12. The molecule has 0 aromatic carbocycles. The van der Waals surface area contributed by atoms with Gasteiger partial charge in [-0.1, -0.05) is 0 Å². The van der Waals surface area contributed by atoms with Gasteiger partial charge in [0.25, 0.3) is 0 Å². The third kappa shape index (κ3) is 4.73. The Morgan fingerprint density at radius 3 is 1.19 bits per heavy atom. The van der Waals surface area contributed by atoms with Crippen LogP contribution in [0.15, 0.2) is 0 Å². The van der Waals surface area contributed by atoms with Gasteiger partial charge in [0.1, 0.15) is 0 Å². The van der Waals surface area contributed by atoms with E-state index in [0.29, 0.717) is 0 Å². The van der Waals surface area contributed by atoms with Crippen molar-refractivity contribution >= 4 is 0 Å². The SMILES string of the molecule is CC(C)(C)OCCCC(C(F)(F)F)(C(F)(F)F)C(F)(F)C(F)(F)C(F)(F)F. The Hall–Kier alpha value is -0.950. The molecular weight excluding hydrogens is 419 g/mol. The lowest BCUT2D eigenvalue weighted by Gasteiger charge is -2.45. The van der Waals surface area contributed by atoms with Crippen molar-refractivity contribution in [2.45, 2.75) is 69.6 Å². The third-order valence-electron chi connectivity index (χ3n) is 3.49. The summed E-state index contributed by atoms with van der Waals surface area (Å²) in [5, 5.41) is 0. The van der Waals surface area contributed by atoms with Crippen molar-refractivity contribution in [1.29, 1.82) is 0 Å². The standard InChI is InChI=1S/C13H15F13O/c1-7(2,3)27-6-4-5-8(11(18,19)20,12(21,22)23)9(14,15)10(16,17)13(24,25)26/h4-6H2,1-3H3. The normalized spacial score (nSPS) is 16.0. The highest BCUT2D eigenvalue weighted by Gasteiger charge is 2.91. The van der Waals surface area contributed by atoms with Crippen LogP contribution in [-0.2, 0) is 4.74 Å². The van der Waals surface area contributed by atoms with Crippen molar-refractivity contribution in [3.05, 3.63) is 0 Å². The summed E-state index contributed by atoms with van der Waals surface area (Å²) in [6.45, 7) is 2.85. The van der Waals surface area contributed by atoms with E-state index in [4.69, 9.17) is 4.74 Å². The van der Waals surface area contributed by atoms with Gasteiger partial charge >= 0.3 is 30.4 Å². The summed E-state index contributed by atoms with van der Waals surface area (Å²) in [7, 11) is 0. The highest BCUT2D eigenvalue weighted by atomic mass is 19.4. The van der Waals surface area contributed by atoms with Crippen molar-refractivity contribution in [2.75, 3.05) is 6.61 Å². The largest absolute Gasteiger partial charge is 0.459 e. The highest BCUT2D eigenvalue weighted by molar-refractivity contribution is 5.10. The third-order valence-corrected chi connectivity index (χ3v) is 3.49. The minimum atomic E-state index is -7.60. The van der Waals surface area contributed by atoms with E-state index < -0.39 is 60.8 Å². The summed E-state index contributed by atoms with van der Waals surface area (Å²) in [6, 6.07) is 0. The lowest BCUT2D eigenvalue weighted by atomic mass is 9.72. The first-order valence-electron chi connectivity index (χ1n) is 7.05. The molecule has 0 aromatic rings. The average molecular weight is 434 g/mol. The number of rotatable bonds is 6. The van der Waals surface area contributed by atoms with Crippen LogP contribution in [0.3, 0.4) is 0 Å². The van der Waals surface area contributed by atoms with Crippen LogP contribution >= 0.6 is 0 Å². The molecule has 14 heteroatoms. The molecule has 0 radical (unpaired) electrons. The number of hydrogen-bond acceptors (Lipinski definition) is 1. The Balaban J connectivity index is 6.36. The van der Waals surface area contributed by atoms with E-state index in [0.717, 1.165) is 0 Å². The van der Waals surface area contributed by atoms with Gasteiger partial charge in [0.05, 0.1) is 5.60 Å². The van der Waals surface area contributed by atoms with Crippen molar-refractivity contribution in [3.63, 3.8) is 0 Å². The van der Waals surface area contributed by atoms with Crippen LogP contribution in [0, 0.1) is 5.41 Å². The zero-order valence-corrected chi connectivity index (χ0v) is 13.9. The van der Waals surface area contributed by atoms with E-state index >= 15 is 0 Å². The van der Waals surface area contributed by atoms with Gasteiger partial charge < -0.3 is 4.74 Å². The van der Waals surface area contributed by atoms with Crippen molar-refractivity contribution in [1.82, 2.24) is 0 Å². The van der Waals surface area contributed by atoms with E-state index in [2.05, 4.69) is 0 Å².